The van der Waals surface area contributed by atoms with Crippen molar-refractivity contribution in [1.29, 1.82) is 0 Å². The lowest BCUT2D eigenvalue weighted by atomic mass is 9.90. The van der Waals surface area contributed by atoms with Crippen molar-refractivity contribution < 1.29 is 15.0 Å². The van der Waals surface area contributed by atoms with E-state index in [0.29, 0.717) is 19.4 Å². The second-order valence-electron chi connectivity index (χ2n) is 6.83. The fourth-order valence-corrected chi connectivity index (χ4v) is 3.31. The van der Waals surface area contributed by atoms with E-state index in [1.165, 1.54) is 0 Å². The monoisotopic (exact) mass is 353 g/mol. The number of aliphatic carboxylic acids is 1. The van der Waals surface area contributed by atoms with Crippen LogP contribution in [0.25, 0.3) is 11.1 Å². The number of benzene rings is 2. The van der Waals surface area contributed by atoms with Crippen LogP contribution in [0, 0.1) is 0 Å². The summed E-state index contributed by atoms with van der Waals surface area (Å²) in [5.41, 5.74) is 7.70. The zero-order valence-electron chi connectivity index (χ0n) is 14.7. The summed E-state index contributed by atoms with van der Waals surface area (Å²) in [6.45, 7) is 2.30. The van der Waals surface area contributed by atoms with Crippen molar-refractivity contribution in [3.63, 3.8) is 0 Å². The maximum Gasteiger partial charge on any atom is 0.371 e. The van der Waals surface area contributed by atoms with Crippen LogP contribution in [0.3, 0.4) is 0 Å². The summed E-state index contributed by atoms with van der Waals surface area (Å²) in [6.07, 6.45) is 0.332. The average molecular weight is 353 g/mol. The molecule has 1 heterocycles. The highest BCUT2D eigenvalue weighted by Crippen LogP contribution is 2.37. The molecule has 1 fully saturated rings. The quantitative estimate of drug-likeness (QED) is 0.581. The van der Waals surface area contributed by atoms with Gasteiger partial charge in [0.05, 0.1) is 5.60 Å². The van der Waals surface area contributed by atoms with Crippen LogP contribution in [0.5, 0.6) is 0 Å². The van der Waals surface area contributed by atoms with Gasteiger partial charge in [0.15, 0.2) is 0 Å². The number of nitrogens with two attached hydrogens (primary N) is 1. The second-order valence-corrected chi connectivity index (χ2v) is 6.83. The Morgan fingerprint density at radius 3 is 2.54 bits per heavy atom. The SMILES string of the molecule is CC1(O)CCN(c2ccccc2-c2ccccc2)C(/N=C(\N)C(=O)O)C1. The van der Waals surface area contributed by atoms with Crippen molar-refractivity contribution in [2.24, 2.45) is 10.7 Å². The Bertz CT molecular complexity index is 818. The summed E-state index contributed by atoms with van der Waals surface area (Å²) >= 11 is 0. The molecule has 0 saturated carbocycles. The number of para-hydroxylation sites is 1. The van der Waals surface area contributed by atoms with Crippen molar-refractivity contribution in [1.82, 2.24) is 0 Å². The minimum Gasteiger partial charge on any atom is -0.475 e. The van der Waals surface area contributed by atoms with E-state index in [2.05, 4.69) is 4.99 Å². The van der Waals surface area contributed by atoms with E-state index in [-0.39, 0.29) is 0 Å². The molecule has 4 N–H and O–H groups in total. The van der Waals surface area contributed by atoms with Gasteiger partial charge in [-0.3, -0.25) is 0 Å². The molecule has 1 saturated heterocycles. The zero-order valence-corrected chi connectivity index (χ0v) is 14.7. The topological polar surface area (TPSA) is 99.1 Å². The lowest BCUT2D eigenvalue weighted by molar-refractivity contribution is -0.129. The van der Waals surface area contributed by atoms with Crippen LogP contribution in [-0.2, 0) is 4.79 Å². The van der Waals surface area contributed by atoms with Crippen molar-refractivity contribution in [2.75, 3.05) is 11.4 Å². The van der Waals surface area contributed by atoms with E-state index >= 15 is 0 Å². The second kappa shape index (κ2) is 7.17. The number of carbonyl (C=O) groups is 1. The van der Waals surface area contributed by atoms with Crippen LogP contribution < -0.4 is 10.6 Å². The fraction of sp³-hybridized carbons (Fsp3) is 0.300. The van der Waals surface area contributed by atoms with E-state index in [1.807, 2.05) is 59.5 Å². The normalized spacial score (nSPS) is 23.7. The van der Waals surface area contributed by atoms with Crippen molar-refractivity contribution >= 4 is 17.5 Å². The van der Waals surface area contributed by atoms with Gasteiger partial charge in [0, 0.05) is 24.2 Å². The van der Waals surface area contributed by atoms with Crippen LogP contribution in [0.2, 0.25) is 0 Å². The average Bonchev–Trinajstić information content (AvgIpc) is 2.62. The number of hydrogen-bond acceptors (Lipinski definition) is 4. The molecule has 0 amide bonds. The molecular weight excluding hydrogens is 330 g/mol. The molecule has 1 aliphatic heterocycles. The molecule has 136 valence electrons. The third-order valence-corrected chi connectivity index (χ3v) is 4.68. The van der Waals surface area contributed by atoms with E-state index in [1.54, 1.807) is 6.92 Å². The van der Waals surface area contributed by atoms with Crippen LogP contribution >= 0.6 is 0 Å². The van der Waals surface area contributed by atoms with Crippen molar-refractivity contribution in [3.8, 4) is 11.1 Å². The summed E-state index contributed by atoms with van der Waals surface area (Å²) in [6, 6.07) is 17.9. The Hall–Kier alpha value is -2.86. The number of piperidine rings is 1. The maximum atomic E-state index is 11.1. The largest absolute Gasteiger partial charge is 0.475 e. The summed E-state index contributed by atoms with van der Waals surface area (Å²) in [4.78, 5) is 17.3. The number of aliphatic hydroxyl groups is 1. The van der Waals surface area contributed by atoms with E-state index in [0.717, 1.165) is 16.8 Å². The van der Waals surface area contributed by atoms with Gasteiger partial charge in [0.25, 0.3) is 0 Å². The van der Waals surface area contributed by atoms with Gasteiger partial charge in [-0.2, -0.15) is 0 Å². The Labute approximate surface area is 152 Å². The van der Waals surface area contributed by atoms with Gasteiger partial charge in [-0.25, -0.2) is 9.79 Å². The molecular formula is C20H23N3O3. The minimum atomic E-state index is -1.26. The van der Waals surface area contributed by atoms with Gasteiger partial charge in [-0.15, -0.1) is 0 Å². The highest BCUT2D eigenvalue weighted by molar-refractivity contribution is 6.33. The van der Waals surface area contributed by atoms with E-state index in [4.69, 9.17) is 10.8 Å². The van der Waals surface area contributed by atoms with E-state index in [9.17, 15) is 9.90 Å². The summed E-state index contributed by atoms with van der Waals surface area (Å²) in [7, 11) is 0. The lowest BCUT2D eigenvalue weighted by Crippen LogP contribution is -2.49. The third-order valence-electron chi connectivity index (χ3n) is 4.68. The predicted molar refractivity (Wildman–Crippen MR) is 102 cm³/mol. The molecule has 2 aromatic carbocycles. The molecule has 6 heteroatoms. The first-order chi connectivity index (χ1) is 12.4. The molecule has 3 rings (SSSR count). The number of rotatable bonds is 3. The molecule has 1 aliphatic rings. The Kier molecular flexibility index (Phi) is 4.95. The van der Waals surface area contributed by atoms with Crippen LogP contribution in [0.1, 0.15) is 19.8 Å². The molecule has 0 bridgehead atoms. The highest BCUT2D eigenvalue weighted by atomic mass is 16.4. The number of carboxylic acids is 1. The summed E-state index contributed by atoms with van der Waals surface area (Å²) in [5, 5.41) is 19.6. The van der Waals surface area contributed by atoms with E-state index < -0.39 is 23.6 Å². The molecule has 0 aliphatic carbocycles. The molecule has 2 unspecified atom stereocenters. The van der Waals surface area contributed by atoms with Crippen LogP contribution in [0.4, 0.5) is 5.69 Å². The van der Waals surface area contributed by atoms with Gasteiger partial charge in [0.2, 0.25) is 5.84 Å². The molecule has 2 aromatic rings. The highest BCUT2D eigenvalue weighted by Gasteiger charge is 2.36. The van der Waals surface area contributed by atoms with Crippen molar-refractivity contribution in [2.45, 2.75) is 31.5 Å². The number of aliphatic imine (C=N–C) groups is 1. The van der Waals surface area contributed by atoms with Gasteiger partial charge in [-0.1, -0.05) is 48.5 Å². The third kappa shape index (κ3) is 3.86. The summed E-state index contributed by atoms with van der Waals surface area (Å²) < 4.78 is 0. The van der Waals surface area contributed by atoms with Crippen LogP contribution in [-0.4, -0.2) is 40.3 Å². The fourth-order valence-electron chi connectivity index (χ4n) is 3.31. The molecule has 6 nitrogen and oxygen atoms in total. The van der Waals surface area contributed by atoms with Gasteiger partial charge >= 0.3 is 5.97 Å². The number of nitrogens with zero attached hydrogens (tertiary/aromatic N) is 2. The number of carboxylic acid groups (broad SMARTS) is 1. The standard InChI is InChI=1S/C20H23N3O3/c1-20(26)11-12-23(17(13-20)22-18(21)19(24)25)16-10-6-5-9-15(16)14-7-3-2-4-8-14/h2-10,17,26H,11-13H2,1H3,(H2,21,22)(H,24,25). The Balaban J connectivity index is 2.04. The zero-order chi connectivity index (χ0) is 18.7. The molecule has 0 aromatic heterocycles. The molecule has 26 heavy (non-hydrogen) atoms. The Morgan fingerprint density at radius 1 is 1.19 bits per heavy atom. The molecule has 0 radical (unpaired) electrons. The maximum absolute atomic E-state index is 11.1. The Morgan fingerprint density at radius 2 is 1.85 bits per heavy atom. The first kappa shape index (κ1) is 17.9. The van der Waals surface area contributed by atoms with Crippen molar-refractivity contribution in [3.05, 3.63) is 54.6 Å². The number of hydrogen-bond donors (Lipinski definition) is 3. The van der Waals surface area contributed by atoms with Gasteiger partial charge in [0.1, 0.15) is 6.17 Å². The first-order valence-corrected chi connectivity index (χ1v) is 8.57. The number of anilines is 1. The van der Waals surface area contributed by atoms with Gasteiger partial charge < -0.3 is 20.8 Å². The molecule has 0 spiro atoms. The molecule has 2 atom stereocenters. The smallest absolute Gasteiger partial charge is 0.371 e. The first-order valence-electron chi connectivity index (χ1n) is 8.57. The summed E-state index contributed by atoms with van der Waals surface area (Å²) in [5.74, 6) is -1.71. The number of amidine groups is 1. The predicted octanol–water partition coefficient (Wildman–Crippen LogP) is 2.47. The van der Waals surface area contributed by atoms with Gasteiger partial charge in [-0.05, 0) is 25.0 Å². The lowest BCUT2D eigenvalue weighted by Gasteiger charge is -2.42. The minimum absolute atomic E-state index is 0.310. The van der Waals surface area contributed by atoms with Crippen LogP contribution in [0.15, 0.2) is 59.6 Å².